The van der Waals surface area contributed by atoms with Crippen molar-refractivity contribution >= 4 is 11.6 Å². The lowest BCUT2D eigenvalue weighted by molar-refractivity contribution is 0.473. The van der Waals surface area contributed by atoms with Crippen molar-refractivity contribution in [1.29, 1.82) is 0 Å². The second-order valence-electron chi connectivity index (χ2n) is 3.35. The molecule has 0 fully saturated rings. The van der Waals surface area contributed by atoms with E-state index in [1.165, 1.54) is 0 Å². The Morgan fingerprint density at radius 1 is 1.25 bits per heavy atom. The largest absolute Gasteiger partial charge is 0.454 e. The molecular formula is C12H11ClN2O. The lowest BCUT2D eigenvalue weighted by Gasteiger charge is -2.08. The molecule has 0 saturated heterocycles. The number of nitrogens with zero attached hydrogens (tertiary/aromatic N) is 2. The van der Waals surface area contributed by atoms with Crippen LogP contribution < -0.4 is 4.74 Å². The Morgan fingerprint density at radius 2 is 2.12 bits per heavy atom. The predicted molar refractivity (Wildman–Crippen MR) is 62.8 cm³/mol. The van der Waals surface area contributed by atoms with Gasteiger partial charge in [-0.05, 0) is 25.1 Å². The summed E-state index contributed by atoms with van der Waals surface area (Å²) in [7, 11) is 0. The highest BCUT2D eigenvalue weighted by Gasteiger charge is 2.03. The van der Waals surface area contributed by atoms with E-state index >= 15 is 0 Å². The molecule has 2 aromatic rings. The molecule has 82 valence electrons. The van der Waals surface area contributed by atoms with Crippen LogP contribution in [0, 0.1) is 6.92 Å². The van der Waals surface area contributed by atoms with Crippen LogP contribution in [0.15, 0.2) is 36.8 Å². The van der Waals surface area contributed by atoms with Crippen molar-refractivity contribution in [3.05, 3.63) is 48.0 Å². The molecule has 0 spiro atoms. The highest BCUT2D eigenvalue weighted by Crippen LogP contribution is 2.24. The van der Waals surface area contributed by atoms with Gasteiger partial charge in [0, 0.05) is 17.5 Å². The molecular weight excluding hydrogens is 224 g/mol. The molecule has 0 aliphatic heterocycles. The van der Waals surface area contributed by atoms with E-state index in [1.807, 2.05) is 25.1 Å². The van der Waals surface area contributed by atoms with Crippen LogP contribution >= 0.6 is 11.6 Å². The van der Waals surface area contributed by atoms with Crippen molar-refractivity contribution in [3.63, 3.8) is 0 Å². The van der Waals surface area contributed by atoms with Gasteiger partial charge in [0.1, 0.15) is 11.5 Å². The summed E-state index contributed by atoms with van der Waals surface area (Å²) in [4.78, 5) is 8.16. The zero-order chi connectivity index (χ0) is 11.4. The van der Waals surface area contributed by atoms with Gasteiger partial charge >= 0.3 is 0 Å². The number of aryl methyl sites for hydroxylation is 1. The quantitative estimate of drug-likeness (QED) is 0.765. The van der Waals surface area contributed by atoms with E-state index in [4.69, 9.17) is 16.3 Å². The molecule has 0 unspecified atom stereocenters. The van der Waals surface area contributed by atoms with E-state index in [2.05, 4.69) is 9.97 Å². The smallest absolute Gasteiger partial charge is 0.150 e. The Balaban J connectivity index is 2.23. The van der Waals surface area contributed by atoms with Gasteiger partial charge in [0.15, 0.2) is 0 Å². The summed E-state index contributed by atoms with van der Waals surface area (Å²) in [6.07, 6.45) is 5.02. The van der Waals surface area contributed by atoms with Gasteiger partial charge < -0.3 is 4.74 Å². The fraction of sp³-hybridized carbons (Fsp3) is 0.167. The number of hydrogen-bond acceptors (Lipinski definition) is 3. The summed E-state index contributed by atoms with van der Waals surface area (Å²) >= 11 is 5.80. The minimum absolute atomic E-state index is 0.400. The minimum Gasteiger partial charge on any atom is -0.454 e. The molecule has 2 rings (SSSR count). The monoisotopic (exact) mass is 234 g/mol. The molecule has 0 aromatic carbocycles. The SMILES string of the molecule is Cc1ccc(Oc2cnccc2CCl)cn1. The fourth-order valence-electron chi connectivity index (χ4n) is 1.25. The van der Waals surface area contributed by atoms with Crippen LogP contribution in [0.5, 0.6) is 11.5 Å². The first-order valence-electron chi connectivity index (χ1n) is 4.89. The van der Waals surface area contributed by atoms with Gasteiger partial charge in [-0.25, -0.2) is 0 Å². The number of rotatable bonds is 3. The van der Waals surface area contributed by atoms with Crippen LogP contribution in [0.4, 0.5) is 0 Å². The van der Waals surface area contributed by atoms with Crippen LogP contribution in [-0.4, -0.2) is 9.97 Å². The minimum atomic E-state index is 0.400. The molecule has 0 saturated carbocycles. The summed E-state index contributed by atoms with van der Waals surface area (Å²) in [6, 6.07) is 5.60. The standard InChI is InChI=1S/C12H11ClN2O/c1-9-2-3-11(7-15-9)16-12-8-14-5-4-10(12)6-13/h2-5,7-8H,6H2,1H3. The van der Waals surface area contributed by atoms with Crippen molar-refractivity contribution in [2.45, 2.75) is 12.8 Å². The zero-order valence-electron chi connectivity index (χ0n) is 8.85. The first-order valence-corrected chi connectivity index (χ1v) is 5.42. The van der Waals surface area contributed by atoms with Crippen molar-refractivity contribution in [2.75, 3.05) is 0 Å². The first kappa shape index (κ1) is 10.9. The van der Waals surface area contributed by atoms with Crippen LogP contribution in [0.2, 0.25) is 0 Å². The van der Waals surface area contributed by atoms with Crippen LogP contribution in [0.25, 0.3) is 0 Å². The van der Waals surface area contributed by atoms with Crippen molar-refractivity contribution in [3.8, 4) is 11.5 Å². The predicted octanol–water partition coefficient (Wildman–Crippen LogP) is 3.32. The van der Waals surface area contributed by atoms with Crippen LogP contribution in [0.3, 0.4) is 0 Å². The van der Waals surface area contributed by atoms with E-state index in [0.717, 1.165) is 11.3 Å². The van der Waals surface area contributed by atoms with Gasteiger partial charge in [-0.2, -0.15) is 0 Å². The van der Waals surface area contributed by atoms with Crippen LogP contribution in [-0.2, 0) is 5.88 Å². The number of ether oxygens (including phenoxy) is 1. The normalized spacial score (nSPS) is 10.1. The average Bonchev–Trinajstić information content (AvgIpc) is 2.33. The highest BCUT2D eigenvalue weighted by molar-refractivity contribution is 6.17. The Bertz CT molecular complexity index is 471. The van der Waals surface area contributed by atoms with Crippen LogP contribution in [0.1, 0.15) is 11.3 Å². The van der Waals surface area contributed by atoms with Gasteiger partial charge in [0.2, 0.25) is 0 Å². The Labute approximate surface area is 99.1 Å². The molecule has 0 aliphatic carbocycles. The van der Waals surface area contributed by atoms with E-state index in [-0.39, 0.29) is 0 Å². The number of pyridine rings is 2. The third-order valence-corrected chi connectivity index (χ3v) is 2.41. The third-order valence-electron chi connectivity index (χ3n) is 2.13. The molecule has 0 N–H and O–H groups in total. The summed E-state index contributed by atoms with van der Waals surface area (Å²) in [5.74, 6) is 1.75. The highest BCUT2D eigenvalue weighted by atomic mass is 35.5. The summed E-state index contributed by atoms with van der Waals surface area (Å²) in [6.45, 7) is 1.93. The fourth-order valence-corrected chi connectivity index (χ4v) is 1.47. The Hall–Kier alpha value is -1.61. The third kappa shape index (κ3) is 2.49. The number of hydrogen-bond donors (Lipinski definition) is 0. The average molecular weight is 235 g/mol. The van der Waals surface area contributed by atoms with Crippen molar-refractivity contribution in [1.82, 2.24) is 9.97 Å². The lowest BCUT2D eigenvalue weighted by atomic mass is 10.3. The van der Waals surface area contributed by atoms with Gasteiger partial charge in [-0.1, -0.05) is 0 Å². The molecule has 2 aromatic heterocycles. The second kappa shape index (κ2) is 4.94. The van der Waals surface area contributed by atoms with E-state index in [0.29, 0.717) is 17.4 Å². The zero-order valence-corrected chi connectivity index (χ0v) is 9.61. The Kier molecular flexibility index (Phi) is 3.37. The topological polar surface area (TPSA) is 35.0 Å². The molecule has 2 heterocycles. The maximum Gasteiger partial charge on any atom is 0.150 e. The molecule has 0 amide bonds. The number of halogens is 1. The molecule has 3 nitrogen and oxygen atoms in total. The van der Waals surface area contributed by atoms with Gasteiger partial charge in [0.25, 0.3) is 0 Å². The van der Waals surface area contributed by atoms with E-state index < -0.39 is 0 Å². The van der Waals surface area contributed by atoms with Gasteiger partial charge in [-0.3, -0.25) is 9.97 Å². The maximum absolute atomic E-state index is 5.80. The molecule has 0 bridgehead atoms. The number of aromatic nitrogens is 2. The maximum atomic E-state index is 5.80. The van der Waals surface area contributed by atoms with Crippen molar-refractivity contribution in [2.24, 2.45) is 0 Å². The van der Waals surface area contributed by atoms with Crippen molar-refractivity contribution < 1.29 is 4.74 Å². The molecule has 0 radical (unpaired) electrons. The van der Waals surface area contributed by atoms with E-state index in [9.17, 15) is 0 Å². The van der Waals surface area contributed by atoms with Gasteiger partial charge in [-0.15, -0.1) is 11.6 Å². The molecule has 0 aliphatic rings. The molecule has 4 heteroatoms. The Morgan fingerprint density at radius 3 is 2.81 bits per heavy atom. The van der Waals surface area contributed by atoms with Gasteiger partial charge in [0.05, 0.1) is 18.3 Å². The summed E-state index contributed by atoms with van der Waals surface area (Å²) < 4.78 is 5.65. The summed E-state index contributed by atoms with van der Waals surface area (Å²) in [5, 5.41) is 0. The van der Waals surface area contributed by atoms with E-state index in [1.54, 1.807) is 18.6 Å². The second-order valence-corrected chi connectivity index (χ2v) is 3.62. The molecule has 16 heavy (non-hydrogen) atoms. The lowest BCUT2D eigenvalue weighted by Crippen LogP contribution is -1.91. The summed E-state index contributed by atoms with van der Waals surface area (Å²) in [5.41, 5.74) is 1.87. The molecule has 0 atom stereocenters. The first-order chi connectivity index (χ1) is 7.79. The number of alkyl halides is 1.